The van der Waals surface area contributed by atoms with Crippen LogP contribution in [0.3, 0.4) is 0 Å². The largest absolute Gasteiger partial charge is 0.506 e. The Morgan fingerprint density at radius 3 is 1.78 bits per heavy atom. The zero-order chi connectivity index (χ0) is 27.2. The second-order valence-corrected chi connectivity index (χ2v) is 12.7. The molecule has 0 saturated carbocycles. The Kier molecular flexibility index (Phi) is 8.76. The van der Waals surface area contributed by atoms with Crippen LogP contribution in [-0.4, -0.2) is 29.1 Å². The Morgan fingerprint density at radius 2 is 1.30 bits per heavy atom. The summed E-state index contributed by atoms with van der Waals surface area (Å²) in [4.78, 5) is 26.9. The van der Waals surface area contributed by atoms with E-state index in [0.717, 1.165) is 0 Å². The summed E-state index contributed by atoms with van der Waals surface area (Å²) in [6.45, 7) is 0. The number of methoxy groups -OCH3 is 1. The summed E-state index contributed by atoms with van der Waals surface area (Å²) in [6.07, 6.45) is 1.59. The van der Waals surface area contributed by atoms with Crippen LogP contribution in [0.1, 0.15) is 21.5 Å². The summed E-state index contributed by atoms with van der Waals surface area (Å²) in [5, 5.41) is 20.2. The van der Waals surface area contributed by atoms with Crippen molar-refractivity contribution in [2.24, 2.45) is 0 Å². The molecule has 0 aromatic heterocycles. The van der Waals surface area contributed by atoms with Crippen molar-refractivity contribution >= 4 is 119 Å². The molecule has 3 aromatic rings. The van der Waals surface area contributed by atoms with Crippen LogP contribution in [0.5, 0.6) is 17.2 Å². The van der Waals surface area contributed by atoms with Gasteiger partial charge in [0.15, 0.2) is 0 Å². The first-order chi connectivity index (χ1) is 17.4. The van der Waals surface area contributed by atoms with Crippen molar-refractivity contribution in [1.82, 2.24) is 0 Å². The number of cyclic esters (lactones) is 1. The zero-order valence-corrected chi connectivity index (χ0v) is 27.9. The maximum absolute atomic E-state index is 13.7. The number of carbonyl (C=O) groups is 2. The molecule has 0 amide bonds. The molecule has 0 unspecified atom stereocenters. The minimum absolute atomic E-state index is 0.0173. The molecule has 4 rings (SSSR count). The average molecular weight is 888 g/mol. The number of hydrogen-bond acceptors (Lipinski definition) is 6. The third-order valence-corrected chi connectivity index (χ3v) is 8.83. The van der Waals surface area contributed by atoms with Gasteiger partial charge in [0, 0.05) is 11.1 Å². The van der Waals surface area contributed by atoms with E-state index in [2.05, 4.69) is 95.6 Å². The number of ketones is 1. The number of benzene rings is 3. The van der Waals surface area contributed by atoms with Crippen molar-refractivity contribution in [3.63, 3.8) is 0 Å². The number of allylic oxidation sites excluding steroid dienone is 1. The highest BCUT2D eigenvalue weighted by Crippen LogP contribution is 2.44. The molecule has 0 bridgehead atoms. The third kappa shape index (κ3) is 5.65. The smallest absolute Gasteiger partial charge is 0.348 e. The van der Waals surface area contributed by atoms with Crippen LogP contribution >= 0.6 is 95.6 Å². The highest BCUT2D eigenvalue weighted by molar-refractivity contribution is 9.11. The second kappa shape index (κ2) is 11.4. The monoisotopic (exact) mass is 882 g/mol. The van der Waals surface area contributed by atoms with Crippen LogP contribution in [0.4, 0.5) is 0 Å². The van der Waals surface area contributed by atoms with Crippen molar-refractivity contribution in [1.29, 1.82) is 0 Å². The van der Waals surface area contributed by atoms with Crippen LogP contribution in [0.2, 0.25) is 0 Å². The first-order valence-corrected chi connectivity index (χ1v) is 14.8. The van der Waals surface area contributed by atoms with Gasteiger partial charge in [0.05, 0.1) is 33.9 Å². The first-order valence-electron chi connectivity index (χ1n) is 10.1. The summed E-state index contributed by atoms with van der Waals surface area (Å²) >= 11 is 20.0. The Bertz CT molecular complexity index is 1490. The summed E-state index contributed by atoms with van der Waals surface area (Å²) in [7, 11) is 1.52. The Morgan fingerprint density at radius 1 is 0.811 bits per heavy atom. The fourth-order valence-corrected chi connectivity index (χ4v) is 7.50. The first kappa shape index (κ1) is 28.6. The topological polar surface area (TPSA) is 93.1 Å². The zero-order valence-electron chi connectivity index (χ0n) is 18.3. The summed E-state index contributed by atoms with van der Waals surface area (Å²) in [5.74, 6) is -0.812. The lowest BCUT2D eigenvalue weighted by Crippen LogP contribution is -2.11. The predicted molar refractivity (Wildman–Crippen MR) is 161 cm³/mol. The molecular weight excluding hydrogens is 876 g/mol. The van der Waals surface area contributed by atoms with Crippen molar-refractivity contribution in [2.75, 3.05) is 7.11 Å². The second-order valence-electron chi connectivity index (χ2n) is 7.57. The molecule has 0 radical (unpaired) electrons. The van der Waals surface area contributed by atoms with E-state index >= 15 is 0 Å². The Balaban J connectivity index is 1.99. The van der Waals surface area contributed by atoms with E-state index in [1.807, 2.05) is 0 Å². The van der Waals surface area contributed by atoms with E-state index < -0.39 is 11.8 Å². The van der Waals surface area contributed by atoms with Gasteiger partial charge < -0.3 is 19.7 Å². The lowest BCUT2D eigenvalue weighted by Gasteiger charge is -2.12. The third-order valence-electron chi connectivity index (χ3n) is 5.24. The molecule has 0 spiro atoms. The molecule has 37 heavy (non-hydrogen) atoms. The number of phenolic OH excluding ortho intramolecular Hbond substituents is 2. The SMILES string of the molecule is COc1c(Br)cc(C2=C(C(=O)c3cc(Br)c(O)c(Br)c3)C(=O)O/C2=C\c2cc(Br)c(O)c(Br)c2)cc1Br. The number of aromatic hydroxyl groups is 2. The number of esters is 1. The van der Waals surface area contributed by atoms with Crippen molar-refractivity contribution < 1.29 is 29.3 Å². The minimum atomic E-state index is -0.827. The van der Waals surface area contributed by atoms with E-state index in [1.165, 1.54) is 19.2 Å². The summed E-state index contributed by atoms with van der Waals surface area (Å²) in [5.41, 5.74) is 1.33. The normalized spacial score (nSPS) is 14.4. The van der Waals surface area contributed by atoms with E-state index in [0.29, 0.717) is 34.8 Å². The van der Waals surface area contributed by atoms with Gasteiger partial charge in [-0.05, 0) is 149 Å². The van der Waals surface area contributed by atoms with Gasteiger partial charge in [0.25, 0.3) is 0 Å². The molecule has 2 N–H and O–H groups in total. The quantitative estimate of drug-likeness (QED) is 0.151. The van der Waals surface area contributed by atoms with Crippen LogP contribution in [-0.2, 0) is 9.53 Å². The van der Waals surface area contributed by atoms with Gasteiger partial charge in [0.2, 0.25) is 5.78 Å². The Hall–Kier alpha value is -1.44. The van der Waals surface area contributed by atoms with Crippen LogP contribution < -0.4 is 4.74 Å². The molecule has 1 aliphatic heterocycles. The van der Waals surface area contributed by atoms with Gasteiger partial charge in [-0.15, -0.1) is 0 Å². The number of ether oxygens (including phenoxy) is 2. The standard InChI is InChI=1S/C25H12Br6O6/c1-36-24-16(30)5-10(6-17(24)31)19-18(4-9-2-12(26)22(33)13(27)3-9)37-25(35)20(19)21(32)11-7-14(28)23(34)15(29)8-11/h2-8,33-34H,1H3/b18-4-. The van der Waals surface area contributed by atoms with Gasteiger partial charge in [-0.3, -0.25) is 4.79 Å². The molecule has 3 aromatic carbocycles. The highest BCUT2D eigenvalue weighted by Gasteiger charge is 2.37. The molecule has 0 aliphatic carbocycles. The molecule has 1 aliphatic rings. The number of rotatable bonds is 5. The fraction of sp³-hybridized carbons (Fsp3) is 0.0400. The van der Waals surface area contributed by atoms with Crippen molar-refractivity contribution in [3.8, 4) is 17.2 Å². The number of halogens is 6. The van der Waals surface area contributed by atoms with Crippen LogP contribution in [0.25, 0.3) is 11.6 Å². The number of phenols is 2. The number of carbonyl (C=O) groups excluding carboxylic acids is 2. The fourth-order valence-electron chi connectivity index (χ4n) is 3.58. The number of Topliss-reactive ketones (excluding diaryl/α,β-unsaturated/α-hetero) is 1. The molecule has 190 valence electrons. The van der Waals surface area contributed by atoms with Gasteiger partial charge in [-0.2, -0.15) is 0 Å². The molecule has 6 nitrogen and oxygen atoms in total. The molecule has 12 heteroatoms. The molecule has 1 heterocycles. The summed E-state index contributed by atoms with van der Waals surface area (Å²) in [6, 6.07) is 9.58. The van der Waals surface area contributed by atoms with E-state index in [4.69, 9.17) is 9.47 Å². The maximum atomic E-state index is 13.7. The minimum Gasteiger partial charge on any atom is -0.506 e. The molecular formula is C25H12Br6O6. The summed E-state index contributed by atoms with van der Waals surface area (Å²) < 4.78 is 13.6. The predicted octanol–water partition coefficient (Wildman–Crippen LogP) is 8.92. The van der Waals surface area contributed by atoms with Gasteiger partial charge >= 0.3 is 5.97 Å². The molecule has 0 saturated heterocycles. The lowest BCUT2D eigenvalue weighted by molar-refractivity contribution is -0.132. The van der Waals surface area contributed by atoms with E-state index in [-0.39, 0.29) is 42.9 Å². The van der Waals surface area contributed by atoms with Gasteiger partial charge in [0.1, 0.15) is 28.6 Å². The van der Waals surface area contributed by atoms with E-state index in [9.17, 15) is 19.8 Å². The van der Waals surface area contributed by atoms with Gasteiger partial charge in [-0.25, -0.2) is 4.79 Å². The molecule has 0 atom stereocenters. The lowest BCUT2D eigenvalue weighted by atomic mass is 9.93. The van der Waals surface area contributed by atoms with Crippen molar-refractivity contribution in [3.05, 3.63) is 91.3 Å². The van der Waals surface area contributed by atoms with Gasteiger partial charge in [-0.1, -0.05) is 0 Å². The maximum Gasteiger partial charge on any atom is 0.348 e. The van der Waals surface area contributed by atoms with Crippen LogP contribution in [0.15, 0.2) is 74.6 Å². The average Bonchev–Trinajstić information content (AvgIpc) is 3.15. The highest BCUT2D eigenvalue weighted by atomic mass is 79.9. The molecule has 0 fully saturated rings. The number of hydrogen-bond donors (Lipinski definition) is 2. The Labute approximate surface area is 261 Å². The van der Waals surface area contributed by atoms with Crippen molar-refractivity contribution in [2.45, 2.75) is 0 Å². The van der Waals surface area contributed by atoms with E-state index in [1.54, 1.807) is 30.3 Å². The van der Waals surface area contributed by atoms with Crippen LogP contribution in [0, 0.1) is 0 Å².